The number of hydrogen-bond donors (Lipinski definition) is 2. The Kier molecular flexibility index (Phi) is 4.20. The number of nitrogens with one attached hydrogen (secondary N) is 2. The maximum Gasteiger partial charge on any atom is 0.0168 e. The van der Waals surface area contributed by atoms with Gasteiger partial charge in [0.1, 0.15) is 0 Å². The highest BCUT2D eigenvalue weighted by atomic mass is 14.9. The maximum absolute atomic E-state index is 3.67. The van der Waals surface area contributed by atoms with Crippen LogP contribution in [-0.2, 0) is 0 Å². The third kappa shape index (κ3) is 2.61. The largest absolute Gasteiger partial charge is 0.312 e. The van der Waals surface area contributed by atoms with Crippen molar-refractivity contribution in [3.63, 3.8) is 0 Å². The highest BCUT2D eigenvalue weighted by Gasteiger charge is 2.51. The van der Waals surface area contributed by atoms with E-state index in [0.717, 1.165) is 49.9 Å². The molecule has 0 aliphatic heterocycles. The smallest absolute Gasteiger partial charge is 0.0168 e. The van der Waals surface area contributed by atoms with Crippen molar-refractivity contribution in [2.75, 3.05) is 26.2 Å². The van der Waals surface area contributed by atoms with Gasteiger partial charge < -0.3 is 10.6 Å². The summed E-state index contributed by atoms with van der Waals surface area (Å²) in [6.07, 6.45) is 10.5. The van der Waals surface area contributed by atoms with Gasteiger partial charge in [0.2, 0.25) is 0 Å². The molecule has 0 spiro atoms. The van der Waals surface area contributed by atoms with E-state index in [1.807, 2.05) is 0 Å². The van der Waals surface area contributed by atoms with Crippen LogP contribution in [0.15, 0.2) is 23.3 Å². The summed E-state index contributed by atoms with van der Waals surface area (Å²) in [5, 5.41) is 7.35. The second-order valence-electron chi connectivity index (χ2n) is 10.00. The molecule has 6 aliphatic carbocycles. The minimum atomic E-state index is 0.560. The quantitative estimate of drug-likeness (QED) is 0.542. The molecule has 2 fully saturated rings. The first-order chi connectivity index (χ1) is 11.4. The van der Waals surface area contributed by atoms with Crippen molar-refractivity contribution >= 4 is 0 Å². The zero-order chi connectivity index (χ0) is 16.9. The van der Waals surface area contributed by atoms with Gasteiger partial charge in [-0.05, 0) is 60.2 Å². The highest BCUT2D eigenvalue weighted by molar-refractivity contribution is 5.25. The predicted octanol–water partition coefficient (Wildman–Crippen LogP) is 4.15. The van der Waals surface area contributed by atoms with Crippen molar-refractivity contribution in [1.82, 2.24) is 10.6 Å². The number of rotatable bonds is 7. The van der Waals surface area contributed by atoms with Crippen LogP contribution in [0.25, 0.3) is 0 Å². The Morgan fingerprint density at radius 2 is 1.21 bits per heavy atom. The van der Waals surface area contributed by atoms with Crippen molar-refractivity contribution in [1.29, 1.82) is 0 Å². The molecule has 24 heavy (non-hydrogen) atoms. The molecular formula is C22H36N2. The van der Waals surface area contributed by atoms with E-state index in [4.69, 9.17) is 0 Å². The van der Waals surface area contributed by atoms with Gasteiger partial charge in [-0.2, -0.15) is 0 Å². The minimum absolute atomic E-state index is 0.560. The molecule has 6 aliphatic rings. The third-order valence-electron chi connectivity index (χ3n) is 8.30. The van der Waals surface area contributed by atoms with E-state index < -0.39 is 0 Å². The van der Waals surface area contributed by atoms with Gasteiger partial charge in [-0.1, -0.05) is 51.0 Å². The van der Waals surface area contributed by atoms with E-state index in [-0.39, 0.29) is 0 Å². The number of allylic oxidation sites excluding steroid dienone is 2. The van der Waals surface area contributed by atoms with Crippen LogP contribution in [0.2, 0.25) is 0 Å². The Bertz CT molecular complexity index is 504. The van der Waals surface area contributed by atoms with Crippen LogP contribution >= 0.6 is 0 Å². The fourth-order valence-electron chi connectivity index (χ4n) is 6.00. The van der Waals surface area contributed by atoms with Gasteiger partial charge in [0, 0.05) is 26.2 Å². The molecular weight excluding hydrogens is 292 g/mol. The van der Waals surface area contributed by atoms with Crippen molar-refractivity contribution in [3.05, 3.63) is 23.3 Å². The highest BCUT2D eigenvalue weighted by Crippen LogP contribution is 2.59. The van der Waals surface area contributed by atoms with E-state index in [0.29, 0.717) is 10.8 Å². The summed E-state index contributed by atoms with van der Waals surface area (Å²) >= 11 is 0. The molecule has 4 atom stereocenters. The Morgan fingerprint density at radius 3 is 1.54 bits per heavy atom. The van der Waals surface area contributed by atoms with Crippen LogP contribution < -0.4 is 10.6 Å². The normalized spacial score (nSPS) is 37.8. The molecule has 0 aromatic heterocycles. The van der Waals surface area contributed by atoms with E-state index in [9.17, 15) is 0 Å². The van der Waals surface area contributed by atoms with Crippen molar-refractivity contribution in [3.8, 4) is 0 Å². The van der Waals surface area contributed by atoms with Gasteiger partial charge in [0.05, 0.1) is 0 Å². The number of hydrogen-bond acceptors (Lipinski definition) is 2. The van der Waals surface area contributed by atoms with Crippen LogP contribution in [0.3, 0.4) is 0 Å². The van der Waals surface area contributed by atoms with E-state index in [2.05, 4.69) is 50.5 Å². The molecule has 0 radical (unpaired) electrons. The summed E-state index contributed by atoms with van der Waals surface area (Å²) in [5.41, 5.74) is 4.48. The van der Waals surface area contributed by atoms with Crippen LogP contribution in [0.1, 0.15) is 53.4 Å². The standard InChI is InChI=1S/C22H36N2/c1-21(2)17-7-5-15(19(21)11-17)13-23-9-10-24-14-16-6-8-18-12-20(16)22(18,3)4/h5-6,17-20,23-24H,7-14H2,1-4H3/t17-,18-,19-,20-/m1/s1. The molecule has 0 amide bonds. The van der Waals surface area contributed by atoms with E-state index in [1.54, 1.807) is 11.1 Å². The topological polar surface area (TPSA) is 24.1 Å². The molecule has 134 valence electrons. The van der Waals surface area contributed by atoms with E-state index >= 15 is 0 Å². The lowest BCUT2D eigenvalue weighted by atomic mass is 9.49. The fourth-order valence-corrected chi connectivity index (χ4v) is 6.00. The molecule has 0 heterocycles. The van der Waals surface area contributed by atoms with Gasteiger partial charge >= 0.3 is 0 Å². The predicted molar refractivity (Wildman–Crippen MR) is 102 cm³/mol. The van der Waals surface area contributed by atoms with Crippen LogP contribution in [0.5, 0.6) is 0 Å². The van der Waals surface area contributed by atoms with Crippen molar-refractivity contribution in [2.45, 2.75) is 53.4 Å². The average molecular weight is 329 g/mol. The molecule has 0 saturated heterocycles. The fraction of sp³-hybridized carbons (Fsp3) is 0.818. The van der Waals surface area contributed by atoms with Gasteiger partial charge in [-0.25, -0.2) is 0 Å². The summed E-state index contributed by atoms with van der Waals surface area (Å²) in [7, 11) is 0. The first-order valence-electron chi connectivity index (χ1n) is 10.2. The van der Waals surface area contributed by atoms with Gasteiger partial charge in [0.25, 0.3) is 0 Å². The summed E-state index contributed by atoms with van der Waals surface area (Å²) in [5.74, 6) is 3.59. The molecule has 4 bridgehead atoms. The van der Waals surface area contributed by atoms with Crippen LogP contribution in [0.4, 0.5) is 0 Å². The molecule has 2 saturated carbocycles. The maximum atomic E-state index is 3.67. The number of fused-ring (bicyclic) bond motifs is 2. The van der Waals surface area contributed by atoms with Gasteiger partial charge in [-0.3, -0.25) is 0 Å². The Hall–Kier alpha value is -0.600. The second-order valence-corrected chi connectivity index (χ2v) is 10.00. The molecule has 0 unspecified atom stereocenters. The van der Waals surface area contributed by atoms with Gasteiger partial charge in [-0.15, -0.1) is 0 Å². The zero-order valence-corrected chi connectivity index (χ0v) is 16.1. The monoisotopic (exact) mass is 328 g/mol. The average Bonchev–Trinajstić information content (AvgIpc) is 2.57. The summed E-state index contributed by atoms with van der Waals surface area (Å²) in [6, 6.07) is 0. The second kappa shape index (κ2) is 5.99. The van der Waals surface area contributed by atoms with E-state index in [1.165, 1.54) is 25.7 Å². The third-order valence-corrected chi connectivity index (χ3v) is 8.30. The molecule has 0 aromatic rings. The first-order valence-corrected chi connectivity index (χ1v) is 10.2. The molecule has 6 rings (SSSR count). The molecule has 2 nitrogen and oxygen atoms in total. The van der Waals surface area contributed by atoms with Gasteiger partial charge in [0.15, 0.2) is 0 Å². The lowest BCUT2D eigenvalue weighted by Crippen LogP contribution is -2.50. The molecule has 0 aromatic carbocycles. The minimum Gasteiger partial charge on any atom is -0.312 e. The Morgan fingerprint density at radius 1 is 0.792 bits per heavy atom. The Labute approximate surface area is 148 Å². The summed E-state index contributed by atoms with van der Waals surface area (Å²) in [4.78, 5) is 0. The van der Waals surface area contributed by atoms with Crippen LogP contribution in [0, 0.1) is 34.5 Å². The first kappa shape index (κ1) is 16.8. The summed E-state index contributed by atoms with van der Waals surface area (Å²) in [6.45, 7) is 14.2. The van der Waals surface area contributed by atoms with Crippen molar-refractivity contribution in [2.24, 2.45) is 34.5 Å². The lowest BCUT2D eigenvalue weighted by molar-refractivity contribution is -0.00764. The molecule has 2 N–H and O–H groups in total. The van der Waals surface area contributed by atoms with Crippen LogP contribution in [-0.4, -0.2) is 26.2 Å². The summed E-state index contributed by atoms with van der Waals surface area (Å²) < 4.78 is 0. The SMILES string of the molecule is CC1(C)[C@@H]2CC=C(CNCCNCC3=CC[C@@H]4C[C@H]3C4(C)C)[C@H]1C2. The lowest BCUT2D eigenvalue weighted by Gasteiger charge is -2.56. The molecule has 2 heteroatoms. The van der Waals surface area contributed by atoms with Crippen molar-refractivity contribution < 1.29 is 0 Å². The Balaban J connectivity index is 1.14. The zero-order valence-electron chi connectivity index (χ0n) is 16.1.